The Morgan fingerprint density at radius 1 is 1.38 bits per heavy atom. The molecule has 2 N–H and O–H groups in total. The van der Waals surface area contributed by atoms with Crippen molar-refractivity contribution in [2.45, 2.75) is 6.42 Å². The molecule has 1 heterocycles. The van der Waals surface area contributed by atoms with Gasteiger partial charge in [0.1, 0.15) is 5.82 Å². The molecule has 24 heavy (non-hydrogen) atoms. The molecule has 0 saturated heterocycles. The zero-order chi connectivity index (χ0) is 17.5. The summed E-state index contributed by atoms with van der Waals surface area (Å²) in [6.07, 6.45) is 1.42. The lowest BCUT2D eigenvalue weighted by molar-refractivity contribution is -0.387. The van der Waals surface area contributed by atoms with E-state index < -0.39 is 34.6 Å². The van der Waals surface area contributed by atoms with Crippen molar-refractivity contribution in [3.8, 4) is 5.88 Å². The first-order valence-electron chi connectivity index (χ1n) is 6.83. The van der Waals surface area contributed by atoms with Crippen molar-refractivity contribution in [1.82, 2.24) is 15.3 Å². The minimum atomic E-state index is -0.971. The molecule has 2 aromatic rings. The Hall–Kier alpha value is -3.30. The van der Waals surface area contributed by atoms with E-state index in [1.807, 2.05) is 0 Å². The van der Waals surface area contributed by atoms with E-state index in [1.54, 1.807) is 12.1 Å². The maximum absolute atomic E-state index is 12.8. The number of amides is 1. The van der Waals surface area contributed by atoms with Gasteiger partial charge in [-0.15, -0.1) is 0 Å². The summed E-state index contributed by atoms with van der Waals surface area (Å²) in [5.74, 6) is -1.41. The van der Waals surface area contributed by atoms with Crippen LogP contribution in [0, 0.1) is 15.9 Å². The molecule has 0 spiro atoms. The predicted molar refractivity (Wildman–Crippen MR) is 80.1 cm³/mol. The van der Waals surface area contributed by atoms with Crippen LogP contribution in [0.25, 0.3) is 0 Å². The summed E-state index contributed by atoms with van der Waals surface area (Å²) in [5, 5.41) is 13.3. The van der Waals surface area contributed by atoms with E-state index in [2.05, 4.69) is 15.3 Å². The third kappa shape index (κ3) is 4.60. The molecule has 2 rings (SSSR count). The molecule has 0 fully saturated rings. The zero-order valence-electron chi connectivity index (χ0n) is 12.3. The number of hydrogen-bond donors (Lipinski definition) is 2. The summed E-state index contributed by atoms with van der Waals surface area (Å²) in [5.41, 5.74) is -0.997. The molecule has 0 radical (unpaired) electrons. The number of carbonyl (C=O) groups is 1. The molecule has 1 aromatic carbocycles. The Morgan fingerprint density at radius 2 is 2.08 bits per heavy atom. The zero-order valence-corrected chi connectivity index (χ0v) is 12.3. The van der Waals surface area contributed by atoms with Crippen LogP contribution < -0.4 is 15.6 Å². The first-order valence-corrected chi connectivity index (χ1v) is 6.83. The van der Waals surface area contributed by atoms with Crippen LogP contribution >= 0.6 is 0 Å². The Kier molecular flexibility index (Phi) is 5.55. The third-order valence-corrected chi connectivity index (χ3v) is 2.97. The number of hydrogen-bond acceptors (Lipinski definition) is 6. The number of ether oxygens (including phenoxy) is 1. The topological polar surface area (TPSA) is 127 Å². The smallest absolute Gasteiger partial charge is 0.395 e. The summed E-state index contributed by atoms with van der Waals surface area (Å²) in [6, 6.07) is 5.83. The normalized spacial score (nSPS) is 10.2. The molecule has 1 aromatic heterocycles. The van der Waals surface area contributed by atoms with Gasteiger partial charge >= 0.3 is 17.1 Å². The van der Waals surface area contributed by atoms with Gasteiger partial charge in [-0.3, -0.25) is 19.7 Å². The van der Waals surface area contributed by atoms with Crippen LogP contribution in [0.3, 0.4) is 0 Å². The highest BCUT2D eigenvalue weighted by Gasteiger charge is 2.22. The number of aromatic nitrogens is 2. The number of carbonyl (C=O) groups excluding carboxylic acids is 1. The molecule has 0 saturated carbocycles. The molecule has 0 bridgehead atoms. The summed E-state index contributed by atoms with van der Waals surface area (Å²) in [6.45, 7) is -0.251. The third-order valence-electron chi connectivity index (χ3n) is 2.97. The lowest BCUT2D eigenvalue weighted by Gasteiger charge is -2.07. The van der Waals surface area contributed by atoms with Gasteiger partial charge in [-0.1, -0.05) is 12.1 Å². The van der Waals surface area contributed by atoms with Crippen molar-refractivity contribution in [3.63, 3.8) is 0 Å². The Balaban J connectivity index is 1.83. The van der Waals surface area contributed by atoms with Gasteiger partial charge < -0.3 is 15.0 Å². The van der Waals surface area contributed by atoms with Gasteiger partial charge in [-0.2, -0.15) is 4.98 Å². The van der Waals surface area contributed by atoms with Crippen molar-refractivity contribution in [2.24, 2.45) is 0 Å². The number of nitro groups is 1. The fraction of sp³-hybridized carbons (Fsp3) is 0.214. The summed E-state index contributed by atoms with van der Waals surface area (Å²) in [7, 11) is 0. The highest BCUT2D eigenvalue weighted by Crippen LogP contribution is 2.17. The Labute approximate surface area is 134 Å². The first kappa shape index (κ1) is 17.1. The lowest BCUT2D eigenvalue weighted by Crippen LogP contribution is -2.31. The van der Waals surface area contributed by atoms with Crippen molar-refractivity contribution in [2.75, 3.05) is 13.2 Å². The quantitative estimate of drug-likeness (QED) is 0.561. The summed E-state index contributed by atoms with van der Waals surface area (Å²) in [4.78, 5) is 38.4. The van der Waals surface area contributed by atoms with E-state index in [0.29, 0.717) is 6.42 Å². The van der Waals surface area contributed by atoms with Crippen LogP contribution in [-0.4, -0.2) is 34.0 Å². The molecular formula is C14H13FN4O5. The highest BCUT2D eigenvalue weighted by atomic mass is 19.1. The fourth-order valence-electron chi connectivity index (χ4n) is 1.83. The molecule has 10 heteroatoms. The molecular weight excluding hydrogens is 323 g/mol. The van der Waals surface area contributed by atoms with Crippen molar-refractivity contribution >= 4 is 11.6 Å². The molecule has 0 aliphatic heterocycles. The second kappa shape index (κ2) is 7.81. The van der Waals surface area contributed by atoms with Gasteiger partial charge in [0.05, 0.1) is 11.3 Å². The van der Waals surface area contributed by atoms with Crippen LogP contribution in [0.15, 0.2) is 35.4 Å². The molecule has 0 atom stereocenters. The standard InChI is InChI=1S/C14H13FN4O5/c15-10-3-1-9(2-4-10)5-6-16-11(20)7-24-14-12(19(22)23)13(21)17-8-18-14/h1-4,8H,5-7H2,(H,16,20)(H,17,18,21). The maximum Gasteiger partial charge on any atom is 0.395 e. The largest absolute Gasteiger partial charge is 0.463 e. The minimum Gasteiger partial charge on any atom is -0.463 e. The second-order valence-corrected chi connectivity index (χ2v) is 4.66. The van der Waals surface area contributed by atoms with Crippen molar-refractivity contribution in [1.29, 1.82) is 0 Å². The Morgan fingerprint density at radius 3 is 2.75 bits per heavy atom. The van der Waals surface area contributed by atoms with Gasteiger partial charge in [0.15, 0.2) is 6.61 Å². The number of rotatable bonds is 7. The highest BCUT2D eigenvalue weighted by molar-refractivity contribution is 5.77. The molecule has 126 valence electrons. The number of benzene rings is 1. The average molecular weight is 336 g/mol. The van der Waals surface area contributed by atoms with Crippen LogP contribution in [0.5, 0.6) is 5.88 Å². The van der Waals surface area contributed by atoms with E-state index in [9.17, 15) is 24.1 Å². The predicted octanol–water partition coefficient (Wildman–Crippen LogP) is 0.555. The average Bonchev–Trinajstić information content (AvgIpc) is 2.54. The van der Waals surface area contributed by atoms with E-state index in [-0.39, 0.29) is 12.4 Å². The van der Waals surface area contributed by atoms with Gasteiger partial charge in [-0.25, -0.2) is 4.39 Å². The number of H-pyrrole nitrogens is 1. The SMILES string of the molecule is O=C(COc1nc[nH]c(=O)c1[N+](=O)[O-])NCCc1ccc(F)cc1. The molecule has 0 aliphatic rings. The van der Waals surface area contributed by atoms with Crippen LogP contribution in [0.2, 0.25) is 0 Å². The number of nitrogens with zero attached hydrogens (tertiary/aromatic N) is 2. The van der Waals surface area contributed by atoms with Crippen LogP contribution in [-0.2, 0) is 11.2 Å². The number of nitrogens with one attached hydrogen (secondary N) is 2. The van der Waals surface area contributed by atoms with Gasteiger partial charge in [0, 0.05) is 6.54 Å². The molecule has 0 unspecified atom stereocenters. The lowest BCUT2D eigenvalue weighted by atomic mass is 10.1. The molecule has 1 amide bonds. The second-order valence-electron chi connectivity index (χ2n) is 4.66. The Bertz CT molecular complexity index is 790. The van der Waals surface area contributed by atoms with E-state index in [0.717, 1.165) is 11.9 Å². The summed E-state index contributed by atoms with van der Waals surface area (Å²) >= 11 is 0. The van der Waals surface area contributed by atoms with Gasteiger partial charge in [-0.05, 0) is 24.1 Å². The number of aromatic amines is 1. The first-order chi connectivity index (χ1) is 11.5. The van der Waals surface area contributed by atoms with Crippen LogP contribution in [0.1, 0.15) is 5.56 Å². The van der Waals surface area contributed by atoms with Gasteiger partial charge in [0.25, 0.3) is 5.91 Å². The molecule has 0 aliphatic carbocycles. The van der Waals surface area contributed by atoms with Crippen LogP contribution in [0.4, 0.5) is 10.1 Å². The fourth-order valence-corrected chi connectivity index (χ4v) is 1.83. The number of halogens is 1. The molecule has 9 nitrogen and oxygen atoms in total. The maximum atomic E-state index is 12.8. The van der Waals surface area contributed by atoms with Gasteiger partial charge in [0.2, 0.25) is 0 Å². The van der Waals surface area contributed by atoms with E-state index in [4.69, 9.17) is 4.74 Å². The van der Waals surface area contributed by atoms with E-state index >= 15 is 0 Å². The van der Waals surface area contributed by atoms with Crippen molar-refractivity contribution < 1.29 is 18.8 Å². The van der Waals surface area contributed by atoms with Crippen molar-refractivity contribution in [3.05, 3.63) is 62.4 Å². The monoisotopic (exact) mass is 336 g/mol. The summed E-state index contributed by atoms with van der Waals surface area (Å²) < 4.78 is 17.7. The van der Waals surface area contributed by atoms with E-state index in [1.165, 1.54) is 12.1 Å². The minimum absolute atomic E-state index is 0.277.